The first-order chi connectivity index (χ1) is 5.07. The number of amides is 2. The largest absolute Gasteiger partial charge is 0.365 e. The summed E-state index contributed by atoms with van der Waals surface area (Å²) in [5.41, 5.74) is 4.75. The lowest BCUT2D eigenvalue weighted by atomic mass is 10.5. The lowest BCUT2D eigenvalue weighted by Gasteiger charge is -1.92. The second kappa shape index (κ2) is 4.51. The third-order valence-corrected chi connectivity index (χ3v) is 1.06. The molecule has 0 aromatic carbocycles. The normalized spacial score (nSPS) is 10.5. The number of primary amides is 1. The predicted molar refractivity (Wildman–Crippen MR) is 41.5 cm³/mol. The second-order valence-electron chi connectivity index (χ2n) is 1.57. The van der Waals surface area contributed by atoms with Crippen LogP contribution in [0.1, 0.15) is 0 Å². The molecule has 0 unspecified atom stereocenters. The Morgan fingerprint density at radius 3 is 2.45 bits per heavy atom. The Morgan fingerprint density at radius 2 is 2.09 bits per heavy atom. The summed E-state index contributed by atoms with van der Waals surface area (Å²) in [6, 6.07) is 0. The van der Waals surface area contributed by atoms with Crippen molar-refractivity contribution in [2.75, 3.05) is 0 Å². The number of carbonyl (C=O) groups is 2. The Morgan fingerprint density at radius 1 is 1.55 bits per heavy atom. The van der Waals surface area contributed by atoms with Gasteiger partial charge in [-0.15, -0.1) is 0 Å². The molecule has 0 atom stereocenters. The molecule has 5 heteroatoms. The molecule has 0 rings (SSSR count). The quantitative estimate of drug-likeness (QED) is 0.585. The monoisotopic (exact) mass is 174 g/mol. The SMILES string of the molecule is C=CC(=O)N/C=C(\Cl)C(N)=O. The molecule has 0 bridgehead atoms. The Balaban J connectivity index is 4.02. The summed E-state index contributed by atoms with van der Waals surface area (Å²) in [4.78, 5) is 20.7. The molecule has 4 nitrogen and oxygen atoms in total. The Labute approximate surface area is 68.7 Å². The van der Waals surface area contributed by atoms with Crippen molar-refractivity contribution in [2.45, 2.75) is 0 Å². The summed E-state index contributed by atoms with van der Waals surface area (Å²) < 4.78 is 0. The molecule has 0 aromatic heterocycles. The molecule has 0 aromatic rings. The van der Waals surface area contributed by atoms with E-state index in [0.29, 0.717) is 0 Å². The minimum atomic E-state index is -0.795. The smallest absolute Gasteiger partial charge is 0.261 e. The third kappa shape index (κ3) is 4.16. The summed E-state index contributed by atoms with van der Waals surface area (Å²) in [6.07, 6.45) is 2.05. The number of carbonyl (C=O) groups excluding carboxylic acids is 2. The van der Waals surface area contributed by atoms with Gasteiger partial charge in [0.25, 0.3) is 5.91 Å². The molecular formula is C6H7ClN2O2. The van der Waals surface area contributed by atoms with E-state index in [4.69, 9.17) is 17.3 Å². The van der Waals surface area contributed by atoms with E-state index >= 15 is 0 Å². The number of nitrogens with one attached hydrogen (secondary N) is 1. The topological polar surface area (TPSA) is 72.2 Å². The molecule has 11 heavy (non-hydrogen) atoms. The maximum atomic E-state index is 10.5. The maximum Gasteiger partial charge on any atom is 0.261 e. The van der Waals surface area contributed by atoms with Crippen molar-refractivity contribution in [1.82, 2.24) is 5.32 Å². The summed E-state index contributed by atoms with van der Waals surface area (Å²) >= 11 is 5.25. The Bertz CT molecular complexity index is 223. The highest BCUT2D eigenvalue weighted by molar-refractivity contribution is 6.41. The van der Waals surface area contributed by atoms with Crippen LogP contribution in [0.4, 0.5) is 0 Å². The molecule has 0 aliphatic carbocycles. The van der Waals surface area contributed by atoms with Crippen molar-refractivity contribution in [3.8, 4) is 0 Å². The average molecular weight is 175 g/mol. The van der Waals surface area contributed by atoms with E-state index in [9.17, 15) is 9.59 Å². The molecule has 3 N–H and O–H groups in total. The van der Waals surface area contributed by atoms with Crippen LogP contribution in [-0.4, -0.2) is 11.8 Å². The minimum absolute atomic E-state index is 0.236. The van der Waals surface area contributed by atoms with Crippen molar-refractivity contribution in [2.24, 2.45) is 5.73 Å². The Hall–Kier alpha value is -1.29. The molecule has 0 fully saturated rings. The van der Waals surface area contributed by atoms with Crippen LogP contribution in [0.15, 0.2) is 23.9 Å². The van der Waals surface area contributed by atoms with Gasteiger partial charge in [-0.3, -0.25) is 9.59 Å². The zero-order chi connectivity index (χ0) is 8.85. The fourth-order valence-corrected chi connectivity index (χ4v) is 0.319. The Kier molecular flexibility index (Phi) is 3.98. The predicted octanol–water partition coefficient (Wildman–Crippen LogP) is -0.146. The zero-order valence-corrected chi connectivity index (χ0v) is 6.39. The van der Waals surface area contributed by atoms with Crippen molar-refractivity contribution < 1.29 is 9.59 Å². The van der Waals surface area contributed by atoms with Gasteiger partial charge in [-0.1, -0.05) is 18.2 Å². The first-order valence-electron chi connectivity index (χ1n) is 2.66. The van der Waals surface area contributed by atoms with Gasteiger partial charge in [0.2, 0.25) is 5.91 Å². The van der Waals surface area contributed by atoms with Crippen LogP contribution in [-0.2, 0) is 9.59 Å². The molecule has 0 heterocycles. The number of hydrogen-bond donors (Lipinski definition) is 2. The fraction of sp³-hybridized carbons (Fsp3) is 0. The van der Waals surface area contributed by atoms with E-state index in [1.54, 1.807) is 0 Å². The summed E-state index contributed by atoms with van der Waals surface area (Å²) in [7, 11) is 0. The van der Waals surface area contributed by atoms with Crippen LogP contribution in [0.25, 0.3) is 0 Å². The van der Waals surface area contributed by atoms with Crippen LogP contribution in [0.2, 0.25) is 0 Å². The van der Waals surface area contributed by atoms with Gasteiger partial charge in [-0.2, -0.15) is 0 Å². The molecule has 0 saturated carbocycles. The van der Waals surface area contributed by atoms with Crippen molar-refractivity contribution in [1.29, 1.82) is 0 Å². The van der Waals surface area contributed by atoms with Crippen molar-refractivity contribution in [3.63, 3.8) is 0 Å². The standard InChI is InChI=1S/C6H7ClN2O2/c1-2-5(10)9-3-4(7)6(8)11/h2-3H,1H2,(H2,8,11)(H,9,10)/b4-3-. The van der Waals surface area contributed by atoms with Crippen LogP contribution in [0.5, 0.6) is 0 Å². The van der Waals surface area contributed by atoms with E-state index < -0.39 is 11.8 Å². The van der Waals surface area contributed by atoms with Crippen LogP contribution < -0.4 is 11.1 Å². The van der Waals surface area contributed by atoms with E-state index in [2.05, 4.69) is 11.9 Å². The number of hydrogen-bond acceptors (Lipinski definition) is 2. The number of rotatable bonds is 3. The first-order valence-corrected chi connectivity index (χ1v) is 3.04. The van der Waals surface area contributed by atoms with E-state index in [1.165, 1.54) is 0 Å². The third-order valence-electron chi connectivity index (χ3n) is 0.762. The van der Waals surface area contributed by atoms with Gasteiger partial charge in [0.05, 0.1) is 0 Å². The molecular weight excluding hydrogens is 168 g/mol. The van der Waals surface area contributed by atoms with Gasteiger partial charge >= 0.3 is 0 Å². The van der Waals surface area contributed by atoms with Gasteiger partial charge in [0.1, 0.15) is 5.03 Å². The second-order valence-corrected chi connectivity index (χ2v) is 1.98. The highest BCUT2D eigenvalue weighted by Crippen LogP contribution is 1.95. The van der Waals surface area contributed by atoms with Crippen LogP contribution in [0.3, 0.4) is 0 Å². The molecule has 0 aliphatic rings. The number of halogens is 1. The zero-order valence-electron chi connectivity index (χ0n) is 5.63. The first kappa shape index (κ1) is 9.71. The average Bonchev–Trinajstić information content (AvgIpc) is 1.99. The van der Waals surface area contributed by atoms with E-state index in [1.807, 2.05) is 0 Å². The van der Waals surface area contributed by atoms with Gasteiger partial charge in [0, 0.05) is 6.20 Å². The van der Waals surface area contributed by atoms with Gasteiger partial charge in [-0.25, -0.2) is 0 Å². The summed E-state index contributed by atoms with van der Waals surface area (Å²) in [5, 5.41) is 1.93. The highest BCUT2D eigenvalue weighted by Gasteiger charge is 1.98. The fourth-order valence-electron chi connectivity index (χ4n) is 0.265. The van der Waals surface area contributed by atoms with Crippen LogP contribution >= 0.6 is 11.6 Å². The van der Waals surface area contributed by atoms with Gasteiger partial charge in [-0.05, 0) is 6.08 Å². The maximum absolute atomic E-state index is 10.5. The number of nitrogens with two attached hydrogens (primary N) is 1. The van der Waals surface area contributed by atoms with E-state index in [-0.39, 0.29) is 5.03 Å². The van der Waals surface area contributed by atoms with Crippen molar-refractivity contribution in [3.05, 3.63) is 23.9 Å². The minimum Gasteiger partial charge on any atom is -0.365 e. The lowest BCUT2D eigenvalue weighted by Crippen LogP contribution is -2.17. The molecule has 0 spiro atoms. The molecule has 0 saturated heterocycles. The molecule has 2 amide bonds. The summed E-state index contributed by atoms with van der Waals surface area (Å²) in [5.74, 6) is -1.25. The van der Waals surface area contributed by atoms with Crippen molar-refractivity contribution >= 4 is 23.4 Å². The molecule has 60 valence electrons. The molecule has 0 radical (unpaired) electrons. The van der Waals surface area contributed by atoms with Gasteiger partial charge < -0.3 is 11.1 Å². The van der Waals surface area contributed by atoms with Crippen LogP contribution in [0, 0.1) is 0 Å². The highest BCUT2D eigenvalue weighted by atomic mass is 35.5. The lowest BCUT2D eigenvalue weighted by molar-refractivity contribution is -0.115. The molecule has 0 aliphatic heterocycles. The van der Waals surface area contributed by atoms with Gasteiger partial charge in [0.15, 0.2) is 0 Å². The van der Waals surface area contributed by atoms with E-state index in [0.717, 1.165) is 12.3 Å². The summed E-state index contributed by atoms with van der Waals surface area (Å²) in [6.45, 7) is 3.18.